The Morgan fingerprint density at radius 2 is 0.686 bits per heavy atom. The normalized spacial score (nSPS) is 11.8. The van der Waals surface area contributed by atoms with Crippen molar-refractivity contribution in [3.05, 3.63) is 24.3 Å². The Balaban J connectivity index is 3.05. The van der Waals surface area contributed by atoms with Gasteiger partial charge in [-0.15, -0.1) is 0 Å². The molecule has 0 unspecified atom stereocenters. The molecule has 0 saturated carbocycles. The molecular formula is C34H63O. The number of unbranched alkanes of at least 4 members (excludes halogenated alkanes) is 27. The number of rotatable bonds is 30. The summed E-state index contributed by atoms with van der Waals surface area (Å²) in [5.41, 5.74) is 0. The van der Waals surface area contributed by atoms with Gasteiger partial charge in [0.2, 0.25) is 6.29 Å². The van der Waals surface area contributed by atoms with Crippen LogP contribution in [0.4, 0.5) is 0 Å². The summed E-state index contributed by atoms with van der Waals surface area (Å²) in [6.07, 6.45) is 49.2. The van der Waals surface area contributed by atoms with E-state index in [9.17, 15) is 4.79 Å². The first-order chi connectivity index (χ1) is 17.4. The molecule has 0 amide bonds. The maximum Gasteiger partial charge on any atom is 0.225 e. The van der Waals surface area contributed by atoms with E-state index < -0.39 is 0 Å². The van der Waals surface area contributed by atoms with Crippen LogP contribution in [-0.2, 0) is 4.79 Å². The molecule has 1 radical (unpaired) electrons. The fourth-order valence-electron chi connectivity index (χ4n) is 5.02. The Kier molecular flexibility index (Phi) is 32.3. The molecule has 0 aromatic heterocycles. The van der Waals surface area contributed by atoms with Gasteiger partial charge in [0.05, 0.1) is 0 Å². The fraction of sp³-hybridized carbons (Fsp3) is 0.853. The lowest BCUT2D eigenvalue weighted by Gasteiger charge is -2.04. The number of hydrogen-bond donors (Lipinski definition) is 0. The zero-order valence-corrected chi connectivity index (χ0v) is 24.0. The third kappa shape index (κ3) is 33.1. The van der Waals surface area contributed by atoms with Crippen LogP contribution in [0.25, 0.3) is 0 Å². The second-order valence-electron chi connectivity index (χ2n) is 10.9. The minimum atomic E-state index is 1.13. The van der Waals surface area contributed by atoms with E-state index in [2.05, 4.69) is 13.0 Å². The molecule has 0 saturated heterocycles. The molecule has 1 heteroatoms. The van der Waals surface area contributed by atoms with Gasteiger partial charge in [-0.25, -0.2) is 0 Å². The molecule has 0 heterocycles. The minimum absolute atomic E-state index is 1.13. The van der Waals surface area contributed by atoms with Crippen LogP contribution < -0.4 is 0 Å². The Morgan fingerprint density at radius 3 is 0.971 bits per heavy atom. The van der Waals surface area contributed by atoms with Crippen molar-refractivity contribution in [2.24, 2.45) is 0 Å². The molecule has 0 aromatic carbocycles. The molecule has 0 aromatic rings. The van der Waals surface area contributed by atoms with Gasteiger partial charge < -0.3 is 0 Å². The van der Waals surface area contributed by atoms with Crippen LogP contribution in [0.15, 0.2) is 24.3 Å². The Bertz CT molecular complexity index is 436. The van der Waals surface area contributed by atoms with Crippen LogP contribution in [0.1, 0.15) is 187 Å². The maximum absolute atomic E-state index is 10.0. The standard InChI is InChI=1S/C34H63O/c1-2-3-4-5-6-7-8-9-10-11-12-13-14-15-16-17-18-19-20-21-22-23-24-25-26-27-28-29-30-31-32-33-34-35/h30-33H,2-29H2,1H3. The van der Waals surface area contributed by atoms with Crippen molar-refractivity contribution in [2.45, 2.75) is 187 Å². The van der Waals surface area contributed by atoms with Gasteiger partial charge in [-0.2, -0.15) is 0 Å². The van der Waals surface area contributed by atoms with E-state index in [4.69, 9.17) is 0 Å². The summed E-state index contributed by atoms with van der Waals surface area (Å²) >= 11 is 0. The van der Waals surface area contributed by atoms with Gasteiger partial charge in [-0.1, -0.05) is 192 Å². The molecular weight excluding hydrogens is 424 g/mol. The lowest BCUT2D eigenvalue weighted by atomic mass is 10.0. The number of allylic oxidation sites excluding steroid dienone is 4. The van der Waals surface area contributed by atoms with Crippen molar-refractivity contribution in [3.8, 4) is 0 Å². The van der Waals surface area contributed by atoms with Crippen LogP contribution in [0, 0.1) is 0 Å². The third-order valence-electron chi connectivity index (χ3n) is 7.39. The number of hydrogen-bond acceptors (Lipinski definition) is 1. The highest BCUT2D eigenvalue weighted by atomic mass is 16.1. The average Bonchev–Trinajstić information content (AvgIpc) is 2.87. The first kappa shape index (κ1) is 34.1. The molecule has 0 rings (SSSR count). The van der Waals surface area contributed by atoms with E-state index in [1.54, 1.807) is 12.4 Å². The van der Waals surface area contributed by atoms with Crippen molar-refractivity contribution in [1.82, 2.24) is 0 Å². The van der Waals surface area contributed by atoms with E-state index in [-0.39, 0.29) is 0 Å². The van der Waals surface area contributed by atoms with Gasteiger partial charge >= 0.3 is 0 Å². The van der Waals surface area contributed by atoms with E-state index in [0.29, 0.717) is 0 Å². The highest BCUT2D eigenvalue weighted by Gasteiger charge is 1.96. The van der Waals surface area contributed by atoms with Crippen LogP contribution in [-0.4, -0.2) is 6.29 Å². The molecule has 35 heavy (non-hydrogen) atoms. The summed E-state index contributed by atoms with van der Waals surface area (Å²) in [6, 6.07) is 0. The summed E-state index contributed by atoms with van der Waals surface area (Å²) in [7, 11) is 0. The van der Waals surface area contributed by atoms with E-state index in [1.807, 2.05) is 6.08 Å². The predicted octanol–water partition coefficient (Wildman–Crippen LogP) is 12.2. The highest BCUT2D eigenvalue weighted by Crippen LogP contribution is 2.16. The molecule has 0 aliphatic carbocycles. The Hall–Kier alpha value is -0.850. The van der Waals surface area contributed by atoms with E-state index >= 15 is 0 Å². The zero-order valence-electron chi connectivity index (χ0n) is 24.0. The van der Waals surface area contributed by atoms with Gasteiger partial charge in [0.1, 0.15) is 0 Å². The SMILES string of the molecule is CCCCCCCCCCCCCCCCCCCCCCCCCCCCCC=CC=C[C]=O. The lowest BCUT2D eigenvalue weighted by Crippen LogP contribution is -1.84. The molecule has 1 nitrogen and oxygen atoms in total. The van der Waals surface area contributed by atoms with Gasteiger partial charge in [0, 0.05) is 0 Å². The highest BCUT2D eigenvalue weighted by molar-refractivity contribution is 5.66. The summed E-state index contributed by atoms with van der Waals surface area (Å²) < 4.78 is 0. The van der Waals surface area contributed by atoms with Crippen LogP contribution in [0.2, 0.25) is 0 Å². The second-order valence-corrected chi connectivity index (χ2v) is 10.9. The van der Waals surface area contributed by atoms with Crippen molar-refractivity contribution in [1.29, 1.82) is 0 Å². The second kappa shape index (κ2) is 33.1. The van der Waals surface area contributed by atoms with E-state index in [0.717, 1.165) is 6.42 Å². The van der Waals surface area contributed by atoms with Gasteiger partial charge in [0.15, 0.2) is 0 Å². The predicted molar refractivity (Wildman–Crippen MR) is 159 cm³/mol. The Labute approximate surface area is 222 Å². The fourth-order valence-corrected chi connectivity index (χ4v) is 5.02. The molecule has 0 fully saturated rings. The third-order valence-corrected chi connectivity index (χ3v) is 7.39. The maximum atomic E-state index is 10.0. The molecule has 0 bridgehead atoms. The van der Waals surface area contributed by atoms with Crippen molar-refractivity contribution in [2.75, 3.05) is 0 Å². The van der Waals surface area contributed by atoms with Crippen LogP contribution in [0.3, 0.4) is 0 Å². The molecule has 0 aliphatic rings. The van der Waals surface area contributed by atoms with Gasteiger partial charge in [-0.3, -0.25) is 4.79 Å². The summed E-state index contributed by atoms with van der Waals surface area (Å²) in [5, 5.41) is 0. The Morgan fingerprint density at radius 1 is 0.400 bits per heavy atom. The van der Waals surface area contributed by atoms with Crippen molar-refractivity contribution in [3.63, 3.8) is 0 Å². The largest absolute Gasteiger partial charge is 0.286 e. The van der Waals surface area contributed by atoms with Crippen molar-refractivity contribution >= 4 is 6.29 Å². The van der Waals surface area contributed by atoms with Crippen molar-refractivity contribution < 1.29 is 4.79 Å². The summed E-state index contributed by atoms with van der Waals surface area (Å²) in [4.78, 5) is 10.0. The lowest BCUT2D eigenvalue weighted by molar-refractivity contribution is 0.515. The quantitative estimate of drug-likeness (QED) is 0.0559. The van der Waals surface area contributed by atoms with Crippen LogP contribution in [0.5, 0.6) is 0 Å². The molecule has 205 valence electrons. The zero-order chi connectivity index (χ0) is 25.3. The minimum Gasteiger partial charge on any atom is -0.286 e. The number of carbonyl (C=O) groups excluding carboxylic acids is 1. The first-order valence-corrected chi connectivity index (χ1v) is 16.1. The van der Waals surface area contributed by atoms with Crippen LogP contribution >= 0.6 is 0 Å². The molecule has 0 spiro atoms. The van der Waals surface area contributed by atoms with Gasteiger partial charge in [-0.05, 0) is 18.9 Å². The molecule has 0 atom stereocenters. The summed E-state index contributed by atoms with van der Waals surface area (Å²) in [5.74, 6) is 0. The topological polar surface area (TPSA) is 17.1 Å². The monoisotopic (exact) mass is 487 g/mol. The summed E-state index contributed by atoms with van der Waals surface area (Å²) in [6.45, 7) is 2.30. The smallest absolute Gasteiger partial charge is 0.225 e. The molecule has 0 N–H and O–H groups in total. The van der Waals surface area contributed by atoms with E-state index in [1.165, 1.54) is 179 Å². The van der Waals surface area contributed by atoms with Gasteiger partial charge in [0.25, 0.3) is 0 Å². The molecule has 0 aliphatic heterocycles. The first-order valence-electron chi connectivity index (χ1n) is 16.1. The average molecular weight is 488 g/mol.